The van der Waals surface area contributed by atoms with Crippen LogP contribution in [-0.2, 0) is 28.8 Å². The second kappa shape index (κ2) is 23.4. The van der Waals surface area contributed by atoms with Crippen molar-refractivity contribution in [3.05, 3.63) is 0 Å². The molecule has 0 amide bonds. The van der Waals surface area contributed by atoms with E-state index in [1.807, 2.05) is 0 Å². The molecule has 0 heterocycles. The van der Waals surface area contributed by atoms with Crippen LogP contribution in [0.15, 0.2) is 0 Å². The Kier molecular flexibility index (Phi) is 29.4. The Bertz CT molecular complexity index is 525. The SMILES string of the molecule is NC(CCC(=O)[O-])C(=O)[O-].NC(CCC(=O)[O-])C(=O)[O-].NC(CCC(=O)[O-])C(=O)[O-].[Al+3].[Al+3]. The van der Waals surface area contributed by atoms with Gasteiger partial charge in [0.15, 0.2) is 0 Å². The summed E-state index contributed by atoms with van der Waals surface area (Å²) in [4.78, 5) is 58.8. The topological polar surface area (TPSA) is 319 Å². The molecule has 0 bridgehead atoms. The molecule has 0 fully saturated rings. The fourth-order valence-electron chi connectivity index (χ4n) is 1.17. The van der Waals surface area contributed by atoms with Gasteiger partial charge in [-0.3, -0.25) is 0 Å². The van der Waals surface area contributed by atoms with Crippen LogP contribution in [-0.4, -0.2) is 88.7 Å². The predicted octanol–water partition coefficient (Wildman–Crippen LogP) is -11.0. The van der Waals surface area contributed by atoms with E-state index in [2.05, 4.69) is 0 Å². The first-order valence-corrected chi connectivity index (χ1v) is 8.10. The molecular formula is C15H21Al2N3O12. The van der Waals surface area contributed by atoms with Gasteiger partial charge in [0.05, 0.1) is 17.9 Å². The van der Waals surface area contributed by atoms with E-state index in [1.54, 1.807) is 0 Å². The third-order valence-electron chi connectivity index (χ3n) is 2.89. The van der Waals surface area contributed by atoms with Gasteiger partial charge >= 0.3 is 34.7 Å². The summed E-state index contributed by atoms with van der Waals surface area (Å²) in [6.07, 6.45) is -1.50. The molecule has 0 saturated carbocycles. The molecule has 0 radical (unpaired) electrons. The summed E-state index contributed by atoms with van der Waals surface area (Å²) >= 11 is 0. The quantitative estimate of drug-likeness (QED) is 0.214. The Balaban J connectivity index is -0.000000110. The van der Waals surface area contributed by atoms with E-state index in [4.69, 9.17) is 17.2 Å². The number of carbonyl (C=O) groups excluding carboxylic acids is 6. The first-order chi connectivity index (χ1) is 13.6. The van der Waals surface area contributed by atoms with Crippen LogP contribution in [0.3, 0.4) is 0 Å². The molecule has 0 aliphatic carbocycles. The molecule has 3 atom stereocenters. The van der Waals surface area contributed by atoms with Gasteiger partial charge in [-0.2, -0.15) is 0 Å². The van der Waals surface area contributed by atoms with Crippen molar-refractivity contribution in [1.82, 2.24) is 0 Å². The minimum atomic E-state index is -1.44. The molecule has 0 aromatic rings. The molecule has 0 aromatic carbocycles. The first kappa shape index (κ1) is 40.2. The number of hydrogen-bond acceptors (Lipinski definition) is 15. The Morgan fingerprint density at radius 3 is 0.719 bits per heavy atom. The zero-order valence-electron chi connectivity index (χ0n) is 16.8. The summed E-state index contributed by atoms with van der Waals surface area (Å²) in [6, 6.07) is -3.63. The van der Waals surface area contributed by atoms with Gasteiger partial charge in [0.1, 0.15) is 0 Å². The van der Waals surface area contributed by atoms with Crippen molar-refractivity contribution < 1.29 is 59.4 Å². The van der Waals surface area contributed by atoms with E-state index in [-0.39, 0.29) is 73.2 Å². The van der Waals surface area contributed by atoms with Gasteiger partial charge in [0.25, 0.3) is 0 Å². The number of carboxylic acids is 6. The number of carboxylic acid groups (broad SMARTS) is 6. The molecule has 0 aliphatic rings. The van der Waals surface area contributed by atoms with Crippen molar-refractivity contribution in [2.24, 2.45) is 17.2 Å². The largest absolute Gasteiger partial charge is 3.00 e. The minimum absolute atomic E-state index is 0. The smallest absolute Gasteiger partial charge is 0.550 e. The molecule has 6 N–H and O–H groups in total. The average Bonchev–Trinajstić information content (AvgIpc) is 2.62. The second-order valence-electron chi connectivity index (χ2n) is 5.51. The summed E-state index contributed by atoms with van der Waals surface area (Å²) < 4.78 is 0. The van der Waals surface area contributed by atoms with Crippen molar-refractivity contribution in [1.29, 1.82) is 0 Å². The van der Waals surface area contributed by atoms with Gasteiger partial charge in [0.2, 0.25) is 0 Å². The van der Waals surface area contributed by atoms with E-state index in [0.29, 0.717) is 0 Å². The molecule has 0 aromatic heterocycles. The van der Waals surface area contributed by atoms with E-state index in [1.165, 1.54) is 0 Å². The van der Waals surface area contributed by atoms with Crippen LogP contribution in [0.2, 0.25) is 0 Å². The van der Waals surface area contributed by atoms with Crippen LogP contribution < -0.4 is 47.8 Å². The Morgan fingerprint density at radius 2 is 0.625 bits per heavy atom. The van der Waals surface area contributed by atoms with Crippen molar-refractivity contribution in [3.8, 4) is 0 Å². The van der Waals surface area contributed by atoms with Crippen molar-refractivity contribution in [2.75, 3.05) is 0 Å². The van der Waals surface area contributed by atoms with E-state index in [0.717, 1.165) is 0 Å². The molecule has 0 spiro atoms. The van der Waals surface area contributed by atoms with Crippen LogP contribution in [0.25, 0.3) is 0 Å². The molecule has 32 heavy (non-hydrogen) atoms. The Labute approximate surface area is 203 Å². The zero-order valence-corrected chi connectivity index (χ0v) is 19.1. The second-order valence-corrected chi connectivity index (χ2v) is 5.51. The molecule has 17 heteroatoms. The van der Waals surface area contributed by atoms with Crippen molar-refractivity contribution in [3.63, 3.8) is 0 Å². The third kappa shape index (κ3) is 32.4. The van der Waals surface area contributed by atoms with Crippen LogP contribution in [0.1, 0.15) is 38.5 Å². The molecule has 174 valence electrons. The number of nitrogens with two attached hydrogens (primary N) is 3. The minimum Gasteiger partial charge on any atom is -0.550 e. The zero-order chi connectivity index (χ0) is 24.4. The predicted molar refractivity (Wildman–Crippen MR) is 93.2 cm³/mol. The van der Waals surface area contributed by atoms with Crippen molar-refractivity contribution in [2.45, 2.75) is 56.7 Å². The number of aliphatic carboxylic acids is 6. The van der Waals surface area contributed by atoms with Crippen LogP contribution in [0, 0.1) is 0 Å². The number of hydrogen-bond donors (Lipinski definition) is 3. The maximum absolute atomic E-state index is 9.86. The third-order valence-corrected chi connectivity index (χ3v) is 2.89. The Hall–Kier alpha value is -2.24. The maximum Gasteiger partial charge on any atom is 3.00 e. The standard InChI is InChI=1S/3C5H9NO4.2Al/c3*6-3(5(9)10)1-2-4(7)8;;/h3*3H,1-2,6H2,(H,7,8)(H,9,10);;/q;;;2*+3/p-6. The normalized spacial score (nSPS) is 11.7. The fraction of sp³-hybridized carbons (Fsp3) is 0.600. The van der Waals surface area contributed by atoms with Crippen molar-refractivity contribution >= 4 is 70.5 Å². The van der Waals surface area contributed by atoms with Gasteiger partial charge in [0, 0.05) is 36.0 Å². The summed E-state index contributed by atoms with van der Waals surface area (Å²) in [7, 11) is 0. The van der Waals surface area contributed by atoms with Gasteiger partial charge in [-0.05, 0) is 38.5 Å². The average molecular weight is 489 g/mol. The van der Waals surface area contributed by atoms with Gasteiger partial charge in [-0.1, -0.05) is 0 Å². The molecule has 0 rings (SSSR count). The molecular weight excluding hydrogens is 468 g/mol. The van der Waals surface area contributed by atoms with Gasteiger partial charge in [-0.15, -0.1) is 0 Å². The molecule has 0 aliphatic heterocycles. The van der Waals surface area contributed by atoms with Crippen LogP contribution in [0.5, 0.6) is 0 Å². The molecule has 0 saturated heterocycles. The molecule has 15 nitrogen and oxygen atoms in total. The van der Waals surface area contributed by atoms with Crippen LogP contribution >= 0.6 is 0 Å². The summed E-state index contributed by atoms with van der Waals surface area (Å²) in [5, 5.41) is 58.8. The van der Waals surface area contributed by atoms with E-state index < -0.39 is 53.9 Å². The summed E-state index contributed by atoms with van der Waals surface area (Å²) in [5.41, 5.74) is 14.7. The Morgan fingerprint density at radius 1 is 0.469 bits per heavy atom. The van der Waals surface area contributed by atoms with Gasteiger partial charge < -0.3 is 76.6 Å². The summed E-state index contributed by atoms with van der Waals surface area (Å²) in [5.74, 6) is -8.26. The number of rotatable bonds is 12. The first-order valence-electron chi connectivity index (χ1n) is 8.10. The molecule has 3 unspecified atom stereocenters. The summed E-state index contributed by atoms with van der Waals surface area (Å²) in [6.45, 7) is 0. The number of carbonyl (C=O) groups is 6. The van der Waals surface area contributed by atoms with Crippen LogP contribution in [0.4, 0.5) is 0 Å². The van der Waals surface area contributed by atoms with E-state index in [9.17, 15) is 59.4 Å². The fourth-order valence-corrected chi connectivity index (χ4v) is 1.17. The monoisotopic (exact) mass is 489 g/mol. The van der Waals surface area contributed by atoms with E-state index >= 15 is 0 Å². The maximum atomic E-state index is 9.86. The van der Waals surface area contributed by atoms with Gasteiger partial charge in [-0.25, -0.2) is 0 Å².